The Labute approximate surface area is 788 Å². The molecule has 0 aliphatic heterocycles. The number of nitrogens with one attached hydrogen (secondary N) is 3. The van der Waals surface area contributed by atoms with E-state index >= 15 is 0 Å². The molecule has 0 fully saturated rings. The van der Waals surface area contributed by atoms with Crippen LogP contribution >= 0.6 is 31.9 Å². The predicted octanol–water partition coefficient (Wildman–Crippen LogP) is 14.1. The molecule has 0 bridgehead atoms. The highest BCUT2D eigenvalue weighted by Gasteiger charge is 2.34. The van der Waals surface area contributed by atoms with E-state index in [1.165, 1.54) is 40.6 Å². The van der Waals surface area contributed by atoms with Gasteiger partial charge in [-0.2, -0.15) is 0 Å². The number of hydrogen-bond acceptors (Lipinski definition) is 19. The monoisotopic (exact) mass is 1910 g/mol. The standard InChI is InChI=1S/C35H30N4O5.C20H22N2O4.C16H12N2O2.C15H10N2O2.C10H8Br2O2.C6H6N2.CH3F/c1-23(37-35(42)44-21-31-29-14-8-6-12-27(29)28-13-7-9-15-30(28)31)32(34(41)43-3)38-33(40)25-18-16-24(17-19-25)10-4-5-11-26-20-36-22-39(26)2;1-12(18(21)19(23)25-2)22-20(24)26-11-17-15-9-5-3-7-13(15)14-8-4-6-10-16(14)17;1-18-12-17-11-15(18)6-4-3-5-13-7-9-14(10-8-13)16(19)20-2;1-17-11-16-10-14(17)5-3-2-4-12-6-8-13(9-7-12)15(18)19;1-14-10(13)8-4-2-7(3-5-8)6-9(11)12;1-3-6-4-7-5-8(6)2;1-2/h6-9,12-20,22-23,31-32H,21H2,1-3H3,(H,37,42)(H,38,40);3-10,12,17-18H,11,21H2,1-2H3,(H,22,24);7-12H,1-2H3;6-11H,1H3,(H,18,19);2-6H,1H3;1,4-5H,2H3;1H3/t23-,32+;12-,18+;;;;;/m11...../s1/i;;;;;;1D. The Bertz CT molecular complexity index is 6520. The normalized spacial score (nSPS) is 11.3. The molecule has 27 nitrogen and oxygen atoms in total. The second kappa shape index (κ2) is 52.7. The van der Waals surface area contributed by atoms with Crippen molar-refractivity contribution < 1.29 is 77.6 Å². The molecule has 6 N–H and O–H groups in total. The lowest BCUT2D eigenvalue weighted by molar-refractivity contribution is -0.144. The Morgan fingerprint density at radius 1 is 0.459 bits per heavy atom. The van der Waals surface area contributed by atoms with Crippen molar-refractivity contribution in [3.05, 3.63) is 337 Å². The summed E-state index contributed by atoms with van der Waals surface area (Å²) in [5.74, 6) is 32.8. The number of nitrogens with zero attached hydrogens (tertiary/aromatic N) is 8. The summed E-state index contributed by atoms with van der Waals surface area (Å²) in [6.07, 6.45) is 19.0. The summed E-state index contributed by atoms with van der Waals surface area (Å²) in [5, 5.41) is 16.7. The fraction of sp³-hybridized carbons (Fsp3) is 0.184. The smallest absolute Gasteiger partial charge is 0.407 e. The molecule has 0 saturated carbocycles. The maximum Gasteiger partial charge on any atom is 0.407 e. The number of benzene rings is 8. The second-order valence-corrected chi connectivity index (χ2v) is 31.1. The number of carbonyl (C=O) groups excluding carboxylic acids is 7. The zero-order chi connectivity index (χ0) is 97.0. The summed E-state index contributed by atoms with van der Waals surface area (Å²) < 4.78 is 53.3. The third-order valence-corrected chi connectivity index (χ3v) is 20.1. The Hall–Kier alpha value is -16.5. The molecule has 3 amide bonds. The topological polar surface area (TPSA) is 346 Å². The first-order valence-electron chi connectivity index (χ1n) is 40.9. The number of carboxylic acids is 1. The van der Waals surface area contributed by atoms with Gasteiger partial charge in [0.05, 0.1) is 119 Å². The lowest BCUT2D eigenvalue weighted by atomic mass is 9.98. The van der Waals surface area contributed by atoms with E-state index in [1.54, 1.807) is 150 Å². The van der Waals surface area contributed by atoms with Crippen LogP contribution in [0.2, 0.25) is 0 Å². The molecule has 133 heavy (non-hydrogen) atoms. The number of nitrogens with two attached hydrogens (primary N) is 1. The molecule has 8 aromatic carbocycles. The van der Waals surface area contributed by atoms with E-state index in [-0.39, 0.29) is 42.6 Å². The maximum atomic E-state index is 13.0. The Balaban J connectivity index is 0.000000211. The van der Waals surface area contributed by atoms with E-state index in [0.717, 1.165) is 87.4 Å². The number of terminal acetylenes is 1. The Kier molecular flexibility index (Phi) is 39.7. The average Bonchev–Trinajstić information content (AvgIpc) is 1.62. The number of fused-ring (bicyclic) bond motifs is 6. The number of hydrogen-bond donors (Lipinski definition) is 5. The minimum absolute atomic E-state index is 0.0160. The number of alkyl halides is 1. The van der Waals surface area contributed by atoms with Crippen LogP contribution in [-0.4, -0.2) is 164 Å². The molecule has 0 spiro atoms. The van der Waals surface area contributed by atoms with E-state index in [2.05, 4.69) is 195 Å². The van der Waals surface area contributed by atoms with Gasteiger partial charge in [0.15, 0.2) is 0 Å². The molecule has 0 radical (unpaired) electrons. The average molecular weight is 1920 g/mol. The van der Waals surface area contributed by atoms with E-state index in [4.69, 9.17) is 32.8 Å². The van der Waals surface area contributed by atoms with Crippen LogP contribution in [0.25, 0.3) is 28.3 Å². The first-order chi connectivity index (χ1) is 64.6. The molecule has 0 unspecified atom stereocenters. The van der Waals surface area contributed by atoms with Crippen molar-refractivity contribution in [1.29, 1.82) is 0 Å². The zero-order valence-corrected chi connectivity index (χ0v) is 77.0. The minimum atomic E-state index is -1.16. The summed E-state index contributed by atoms with van der Waals surface area (Å²) in [5.41, 5.74) is 22.7. The Morgan fingerprint density at radius 3 is 1.08 bits per heavy atom. The number of amides is 3. The SMILES string of the molecule is C#Cc1cncn1C.COC(=O)[C@@H](N)[C@@H](C)NC(=O)OCC1c2ccccc2-c2ccccc21.COC(=O)[C@@H](NC(=O)c1ccc(C#CC#Cc2cncn2C)cc1)[C@@H](C)NC(=O)OCC1c2ccccc2-c2ccccc21.COC(=O)c1ccc(C#CC#Cc2cncn2C)cc1.COC(=O)c1ccc(C=C(Br)Br)cc1.Cn1cncc1C#CC#Cc1ccc(C(=O)O)cc1.[2H]CF. The van der Waals surface area contributed by atoms with Crippen molar-refractivity contribution in [2.75, 3.05) is 48.8 Å². The number of alkyl carbamates (subject to hydrolysis) is 2. The number of halogens is 3. The van der Waals surface area contributed by atoms with Gasteiger partial charge in [0.2, 0.25) is 0 Å². The van der Waals surface area contributed by atoms with Crippen molar-refractivity contribution in [2.24, 2.45) is 33.9 Å². The third kappa shape index (κ3) is 30.6. The van der Waals surface area contributed by atoms with Crippen molar-refractivity contribution in [2.45, 2.75) is 49.9 Å². The molecular formula is C103H91Br2FN12O15. The molecule has 4 aromatic heterocycles. The number of aromatic carboxylic acids is 1. The third-order valence-electron chi connectivity index (χ3n) is 19.6. The second-order valence-electron chi connectivity index (χ2n) is 28.3. The summed E-state index contributed by atoms with van der Waals surface area (Å²) in [6.45, 7) is 3.55. The molecule has 2 aliphatic rings. The van der Waals surface area contributed by atoms with Crippen LogP contribution in [0.1, 0.15) is 136 Å². The first-order valence-corrected chi connectivity index (χ1v) is 41.7. The van der Waals surface area contributed by atoms with E-state index < -0.39 is 67.3 Å². The number of aromatic nitrogens is 8. The first kappa shape index (κ1) is 100. The van der Waals surface area contributed by atoms with Crippen molar-refractivity contribution in [3.8, 4) is 106 Å². The highest BCUT2D eigenvalue weighted by molar-refractivity contribution is 9.28. The van der Waals surface area contributed by atoms with Gasteiger partial charge in [-0.1, -0.05) is 133 Å². The summed E-state index contributed by atoms with van der Waals surface area (Å²) >= 11 is 6.52. The quantitative estimate of drug-likeness (QED) is 0.0341. The molecule has 12 aromatic rings. The van der Waals surface area contributed by atoms with Gasteiger partial charge in [0, 0.05) is 62.3 Å². The highest BCUT2D eigenvalue weighted by atomic mass is 79.9. The summed E-state index contributed by atoms with van der Waals surface area (Å²) in [4.78, 5) is 111. The number of carboxylic acid groups (broad SMARTS) is 1. The summed E-state index contributed by atoms with van der Waals surface area (Å²) in [6, 6.07) is 55.6. The van der Waals surface area contributed by atoms with Gasteiger partial charge in [-0.25, -0.2) is 48.7 Å². The van der Waals surface area contributed by atoms with Crippen molar-refractivity contribution >= 4 is 85.9 Å². The Morgan fingerprint density at radius 2 is 0.774 bits per heavy atom. The highest BCUT2D eigenvalue weighted by Crippen LogP contribution is 2.46. The predicted molar refractivity (Wildman–Crippen MR) is 509 cm³/mol. The molecule has 4 atom stereocenters. The van der Waals surface area contributed by atoms with E-state index in [9.17, 15) is 42.7 Å². The van der Waals surface area contributed by atoms with Crippen LogP contribution in [0.4, 0.5) is 14.0 Å². The van der Waals surface area contributed by atoms with E-state index in [0.29, 0.717) is 22.3 Å². The molecule has 0 saturated heterocycles. The number of rotatable bonds is 16. The van der Waals surface area contributed by atoms with Crippen LogP contribution in [-0.2, 0) is 66.2 Å². The largest absolute Gasteiger partial charge is 0.478 e. The van der Waals surface area contributed by atoms with Crippen molar-refractivity contribution in [1.82, 2.24) is 54.2 Å². The molecule has 30 heteroatoms. The van der Waals surface area contributed by atoms with Gasteiger partial charge in [0.1, 0.15) is 48.1 Å². The zero-order valence-electron chi connectivity index (χ0n) is 74.8. The lowest BCUT2D eigenvalue weighted by Crippen LogP contribution is -2.54. The van der Waals surface area contributed by atoms with Gasteiger partial charge in [-0.3, -0.25) is 14.0 Å². The number of aryl methyl sites for hydroxylation is 4. The molecular weight excluding hydrogens is 1820 g/mol. The fourth-order valence-electron chi connectivity index (χ4n) is 12.6. The van der Waals surface area contributed by atoms with Gasteiger partial charge < -0.3 is 73.5 Å². The van der Waals surface area contributed by atoms with Gasteiger partial charge in [-0.15, -0.1) is 6.42 Å². The fourth-order valence-corrected chi connectivity index (χ4v) is 13.1. The molecule has 4 heterocycles. The van der Waals surface area contributed by atoms with Crippen molar-refractivity contribution in [3.63, 3.8) is 0 Å². The number of esters is 4. The van der Waals surface area contributed by atoms with E-state index in [1.807, 2.05) is 112 Å². The number of imidazole rings is 4. The van der Waals surface area contributed by atoms with Gasteiger partial charge >= 0.3 is 42.0 Å². The molecule has 14 rings (SSSR count). The number of carbonyl (C=O) groups is 8. The summed E-state index contributed by atoms with van der Waals surface area (Å²) in [7, 11) is 11.6. The maximum absolute atomic E-state index is 13.0. The van der Waals surface area contributed by atoms with Crippen LogP contribution in [0.3, 0.4) is 0 Å². The van der Waals surface area contributed by atoms with Crippen LogP contribution < -0.4 is 21.7 Å². The van der Waals surface area contributed by atoms with Crippen LogP contribution in [0, 0.1) is 83.4 Å². The van der Waals surface area contributed by atoms with Gasteiger partial charge in [0.25, 0.3) is 5.91 Å². The van der Waals surface area contributed by atoms with Crippen LogP contribution in [0.5, 0.6) is 0 Å². The molecule has 2 aliphatic carbocycles. The van der Waals surface area contributed by atoms with Gasteiger partial charge in [-0.05, 0) is 240 Å². The number of methoxy groups -OCH3 is 4. The lowest BCUT2D eigenvalue weighted by Gasteiger charge is -2.24. The number of ether oxygens (including phenoxy) is 6. The minimum Gasteiger partial charge on any atom is -0.478 e. The van der Waals surface area contributed by atoms with Crippen LogP contribution in [0.15, 0.2) is 248 Å². The molecule has 674 valence electrons.